The van der Waals surface area contributed by atoms with Crippen LogP contribution >= 0.6 is 0 Å². The van der Waals surface area contributed by atoms with Crippen LogP contribution in [-0.2, 0) is 4.74 Å². The summed E-state index contributed by atoms with van der Waals surface area (Å²) in [5.41, 5.74) is -0.557. The monoisotopic (exact) mass is 770 g/mol. The number of hydrogen-bond acceptors (Lipinski definition) is 9. The molecule has 2 unspecified atom stereocenters. The van der Waals surface area contributed by atoms with Crippen LogP contribution in [0.25, 0.3) is 32.9 Å². The molecule has 0 saturated carbocycles. The molecule has 3 aromatic carbocycles. The SMILES string of the molecule is CC(C)(C)OC(=O)N1[C@@H]2CC[C@H]1CN(c1nc(OCC34CCCN3C(c3ccc(F)cc3)CC4)nc3c(F)c(-c4cc(O)cc5ccc(F)c(F)c45)ncc13)C2. The standard InChI is InChI=1S/C42H42F4N6O4/c1-41(2,3)56-40(54)52-26-10-11-27(52)21-50(20-26)38-30-19-47-36(29-18-28(53)17-24-7-12-31(44)34(45)33(24)29)35(46)37(30)48-39(49-38)55-22-42-14-4-16-51(42)32(13-15-42)23-5-8-25(43)9-6-23/h5-9,12,17-19,26-27,32,53H,4,10-11,13-16,20-22H2,1-3H3/t26-,27+,32?,42?. The van der Waals surface area contributed by atoms with Crippen molar-refractivity contribution in [3.05, 3.63) is 83.6 Å². The van der Waals surface area contributed by atoms with Gasteiger partial charge in [-0.05, 0) is 107 Å². The molecule has 5 aromatic rings. The van der Waals surface area contributed by atoms with Crippen LogP contribution in [0.4, 0.5) is 28.2 Å². The first-order valence-corrected chi connectivity index (χ1v) is 19.2. The first kappa shape index (κ1) is 36.4. The summed E-state index contributed by atoms with van der Waals surface area (Å²) in [6, 6.07) is 11.0. The number of anilines is 1. The molecule has 2 bridgehead atoms. The lowest BCUT2D eigenvalue weighted by molar-refractivity contribution is 0.0122. The molecule has 4 atom stereocenters. The number of aromatic nitrogens is 3. The van der Waals surface area contributed by atoms with E-state index in [2.05, 4.69) is 14.9 Å². The first-order chi connectivity index (χ1) is 26.8. The van der Waals surface area contributed by atoms with E-state index in [1.165, 1.54) is 30.5 Å². The van der Waals surface area contributed by atoms with Crippen molar-refractivity contribution >= 4 is 33.6 Å². The zero-order chi connectivity index (χ0) is 39.1. The van der Waals surface area contributed by atoms with Gasteiger partial charge in [0, 0.05) is 36.3 Å². The highest BCUT2D eigenvalue weighted by molar-refractivity contribution is 6.00. The summed E-state index contributed by atoms with van der Waals surface area (Å²) in [5, 5.41) is 10.8. The van der Waals surface area contributed by atoms with Gasteiger partial charge in [-0.3, -0.25) is 14.8 Å². The van der Waals surface area contributed by atoms with Crippen LogP contribution in [0.15, 0.2) is 54.7 Å². The predicted molar refractivity (Wildman–Crippen MR) is 201 cm³/mol. The number of carbonyl (C=O) groups excluding carboxylic acids is 1. The third-order valence-electron chi connectivity index (χ3n) is 11.9. The molecule has 2 aromatic heterocycles. The van der Waals surface area contributed by atoms with Crippen molar-refractivity contribution in [2.75, 3.05) is 31.1 Å². The van der Waals surface area contributed by atoms with Gasteiger partial charge in [0.05, 0.1) is 23.0 Å². The number of piperazine rings is 1. The summed E-state index contributed by atoms with van der Waals surface area (Å²) in [5.74, 6) is -3.42. The Labute approximate surface area is 321 Å². The van der Waals surface area contributed by atoms with Gasteiger partial charge in [0.2, 0.25) is 0 Å². The highest BCUT2D eigenvalue weighted by Gasteiger charge is 2.50. The quantitative estimate of drug-likeness (QED) is 0.171. The lowest BCUT2D eigenvalue weighted by atomic mass is 9.95. The van der Waals surface area contributed by atoms with E-state index in [1.807, 2.05) is 37.8 Å². The predicted octanol–water partition coefficient (Wildman–Crippen LogP) is 8.44. The van der Waals surface area contributed by atoms with Crippen LogP contribution in [0, 0.1) is 23.3 Å². The highest BCUT2D eigenvalue weighted by atomic mass is 19.2. The van der Waals surface area contributed by atoms with Gasteiger partial charge in [0.1, 0.15) is 40.8 Å². The fourth-order valence-electron chi connectivity index (χ4n) is 9.50. The molecule has 0 aliphatic carbocycles. The lowest BCUT2D eigenvalue weighted by Gasteiger charge is -2.42. The van der Waals surface area contributed by atoms with Gasteiger partial charge in [0.15, 0.2) is 17.5 Å². The van der Waals surface area contributed by atoms with Gasteiger partial charge in [-0.2, -0.15) is 9.97 Å². The van der Waals surface area contributed by atoms with E-state index >= 15 is 8.78 Å². The zero-order valence-corrected chi connectivity index (χ0v) is 31.4. The molecule has 292 valence electrons. The molecule has 0 spiro atoms. The fourth-order valence-corrected chi connectivity index (χ4v) is 9.50. The number of amides is 1. The van der Waals surface area contributed by atoms with E-state index in [9.17, 15) is 18.7 Å². The molecule has 6 heterocycles. The maximum atomic E-state index is 17.1. The number of carbonyl (C=O) groups is 1. The molecule has 4 aliphatic heterocycles. The summed E-state index contributed by atoms with van der Waals surface area (Å²) in [6.45, 7) is 7.35. The first-order valence-electron chi connectivity index (χ1n) is 19.2. The number of halogens is 4. The van der Waals surface area contributed by atoms with Gasteiger partial charge in [-0.1, -0.05) is 18.2 Å². The summed E-state index contributed by atoms with van der Waals surface area (Å²) in [6.07, 6.45) is 6.06. The number of phenolic OH excluding ortho intramolecular Hbond substituents is 1. The van der Waals surface area contributed by atoms with Crippen LogP contribution in [0.3, 0.4) is 0 Å². The molecule has 10 nitrogen and oxygen atoms in total. The maximum Gasteiger partial charge on any atom is 0.410 e. The van der Waals surface area contributed by atoms with Crippen molar-refractivity contribution in [1.29, 1.82) is 0 Å². The molecule has 9 rings (SSSR count). The van der Waals surface area contributed by atoms with E-state index in [1.54, 1.807) is 4.90 Å². The van der Waals surface area contributed by atoms with Crippen molar-refractivity contribution in [2.45, 2.75) is 88.6 Å². The Morgan fingerprint density at radius 2 is 1.70 bits per heavy atom. The average molecular weight is 771 g/mol. The summed E-state index contributed by atoms with van der Waals surface area (Å²) < 4.78 is 72.9. The van der Waals surface area contributed by atoms with Crippen molar-refractivity contribution in [3.8, 4) is 23.0 Å². The molecular weight excluding hydrogens is 728 g/mol. The molecule has 4 aliphatic rings. The Morgan fingerprint density at radius 1 is 0.946 bits per heavy atom. The fraction of sp³-hybridized carbons (Fsp3) is 0.429. The number of fused-ring (bicyclic) bond motifs is 5. The molecule has 56 heavy (non-hydrogen) atoms. The van der Waals surface area contributed by atoms with Gasteiger partial charge < -0.3 is 19.5 Å². The molecule has 4 saturated heterocycles. The normalized spacial score (nSPS) is 23.7. The second-order valence-electron chi connectivity index (χ2n) is 16.6. The second-order valence-corrected chi connectivity index (χ2v) is 16.6. The Morgan fingerprint density at radius 3 is 2.43 bits per heavy atom. The molecule has 1 amide bonds. The van der Waals surface area contributed by atoms with Crippen LogP contribution in [-0.4, -0.2) is 85.4 Å². The number of hydrogen-bond donors (Lipinski definition) is 1. The van der Waals surface area contributed by atoms with Crippen molar-refractivity contribution in [1.82, 2.24) is 24.8 Å². The third-order valence-corrected chi connectivity index (χ3v) is 11.9. The number of aromatic hydroxyl groups is 1. The topological polar surface area (TPSA) is 104 Å². The number of nitrogens with zero attached hydrogens (tertiary/aromatic N) is 6. The highest BCUT2D eigenvalue weighted by Crippen LogP contribution is 2.49. The lowest BCUT2D eigenvalue weighted by Crippen LogP contribution is -2.57. The van der Waals surface area contributed by atoms with Crippen LogP contribution < -0.4 is 9.64 Å². The molecule has 1 N–H and O–H groups in total. The Kier molecular flexibility index (Phi) is 8.75. The van der Waals surface area contributed by atoms with E-state index in [4.69, 9.17) is 14.5 Å². The van der Waals surface area contributed by atoms with Gasteiger partial charge in [-0.25, -0.2) is 22.4 Å². The number of rotatable bonds is 6. The minimum atomic E-state index is -1.19. The van der Waals surface area contributed by atoms with Gasteiger partial charge >= 0.3 is 12.1 Å². The number of pyridine rings is 1. The molecule has 14 heteroatoms. The largest absolute Gasteiger partial charge is 0.508 e. The minimum absolute atomic E-state index is 0.0603. The number of phenols is 1. The summed E-state index contributed by atoms with van der Waals surface area (Å²) >= 11 is 0. The van der Waals surface area contributed by atoms with Gasteiger partial charge in [-0.15, -0.1) is 0 Å². The summed E-state index contributed by atoms with van der Waals surface area (Å²) in [7, 11) is 0. The zero-order valence-electron chi connectivity index (χ0n) is 31.4. The third kappa shape index (κ3) is 6.22. The van der Waals surface area contributed by atoms with Crippen LogP contribution in [0.5, 0.6) is 11.8 Å². The van der Waals surface area contributed by atoms with Gasteiger partial charge in [0.25, 0.3) is 0 Å². The van der Waals surface area contributed by atoms with E-state index in [-0.39, 0.29) is 86.9 Å². The summed E-state index contributed by atoms with van der Waals surface area (Å²) in [4.78, 5) is 33.4. The number of benzene rings is 3. The van der Waals surface area contributed by atoms with Crippen molar-refractivity contribution < 1.29 is 36.9 Å². The molecule has 0 radical (unpaired) electrons. The van der Waals surface area contributed by atoms with E-state index in [0.29, 0.717) is 18.9 Å². The Bertz CT molecular complexity index is 2360. The Hall–Kier alpha value is -5.24. The van der Waals surface area contributed by atoms with E-state index < -0.39 is 23.1 Å². The second kappa shape index (κ2) is 13.5. The van der Waals surface area contributed by atoms with Crippen LogP contribution in [0.1, 0.15) is 70.9 Å². The van der Waals surface area contributed by atoms with Crippen molar-refractivity contribution in [2.24, 2.45) is 0 Å². The van der Waals surface area contributed by atoms with E-state index in [0.717, 1.165) is 62.8 Å². The maximum absolute atomic E-state index is 17.1. The minimum Gasteiger partial charge on any atom is -0.508 e. The van der Waals surface area contributed by atoms with Crippen molar-refractivity contribution in [3.63, 3.8) is 0 Å². The average Bonchev–Trinajstić information content (AvgIpc) is 3.81. The number of ether oxygens (including phenoxy) is 2. The Balaban J connectivity index is 1.11. The smallest absolute Gasteiger partial charge is 0.410 e. The van der Waals surface area contributed by atoms with Crippen LogP contribution in [0.2, 0.25) is 0 Å². The molecular formula is C42H42F4N6O4. The molecule has 4 fully saturated rings.